The molecule has 2 N–H and O–H groups in total. The maximum atomic E-state index is 13.7. The zero-order chi connectivity index (χ0) is 24.7. The molecule has 9 heteroatoms. The van der Waals surface area contributed by atoms with Crippen LogP contribution in [-0.2, 0) is 14.8 Å². The molecule has 34 heavy (non-hydrogen) atoms. The van der Waals surface area contributed by atoms with Crippen LogP contribution >= 0.6 is 0 Å². The van der Waals surface area contributed by atoms with E-state index in [1.54, 1.807) is 12.1 Å². The van der Waals surface area contributed by atoms with Gasteiger partial charge in [-0.25, -0.2) is 8.42 Å². The van der Waals surface area contributed by atoms with E-state index in [1.165, 1.54) is 32.4 Å². The first-order valence-electron chi connectivity index (χ1n) is 11.3. The number of ether oxygens (including phenoxy) is 2. The number of hydrogen-bond donors (Lipinski definition) is 2. The van der Waals surface area contributed by atoms with Gasteiger partial charge in [-0.3, -0.25) is 14.5 Å². The van der Waals surface area contributed by atoms with Crippen molar-refractivity contribution in [3.8, 4) is 11.5 Å². The molecule has 3 rings (SSSR count). The van der Waals surface area contributed by atoms with Gasteiger partial charge in [0, 0.05) is 11.8 Å². The van der Waals surface area contributed by atoms with Gasteiger partial charge in [-0.2, -0.15) is 0 Å². The van der Waals surface area contributed by atoms with E-state index < -0.39 is 15.9 Å². The molecule has 0 atom stereocenters. The van der Waals surface area contributed by atoms with Gasteiger partial charge >= 0.3 is 0 Å². The number of methoxy groups -OCH3 is 2. The van der Waals surface area contributed by atoms with Gasteiger partial charge in [0.15, 0.2) is 11.5 Å². The average Bonchev–Trinajstić information content (AvgIpc) is 3.08. The lowest BCUT2D eigenvalue weighted by atomic mass is 10.1. The monoisotopic (exact) mass is 487 g/mol. The molecule has 184 valence electrons. The molecule has 0 aromatic heterocycles. The van der Waals surface area contributed by atoms with Gasteiger partial charge in [-0.15, -0.1) is 0 Å². The average molecular weight is 488 g/mol. The highest BCUT2D eigenvalue weighted by Gasteiger charge is 2.29. The molecule has 0 saturated heterocycles. The number of benzene rings is 2. The fraction of sp³-hybridized carbons (Fsp3) is 0.400. The van der Waals surface area contributed by atoms with Gasteiger partial charge in [-0.1, -0.05) is 18.6 Å². The van der Waals surface area contributed by atoms with Gasteiger partial charge in [0.1, 0.15) is 6.54 Å². The molecule has 8 nitrogen and oxygen atoms in total. The van der Waals surface area contributed by atoms with E-state index in [9.17, 15) is 13.2 Å². The predicted molar refractivity (Wildman–Crippen MR) is 132 cm³/mol. The molecule has 0 fully saturated rings. The van der Waals surface area contributed by atoms with Crippen molar-refractivity contribution in [3.63, 3.8) is 0 Å². The summed E-state index contributed by atoms with van der Waals surface area (Å²) in [7, 11) is -1.17. The number of hydrogen-bond acceptors (Lipinski definition) is 6. The Labute approximate surface area is 202 Å². The van der Waals surface area contributed by atoms with Gasteiger partial charge in [0.2, 0.25) is 0 Å². The van der Waals surface area contributed by atoms with E-state index in [-0.39, 0.29) is 17.2 Å². The van der Waals surface area contributed by atoms with Crippen LogP contribution in [-0.4, -0.2) is 35.1 Å². The maximum Gasteiger partial charge on any atom is 0.264 e. The molecular formula is C25H33N3O5S. The molecule has 0 bridgehead atoms. The summed E-state index contributed by atoms with van der Waals surface area (Å²) in [6, 6.07) is 9.82. The molecule has 0 heterocycles. The molecule has 0 radical (unpaired) electrons. The first kappa shape index (κ1) is 25.4. The SMILES string of the molecule is COc1ccc(S(=O)(=O)N(CC(=O)NNC2=CCCCCC2)c2cc(C)cc(C)c2)cc1OC. The Hall–Kier alpha value is -3.20. The number of allylic oxidation sites excluding steroid dienone is 2. The lowest BCUT2D eigenvalue weighted by Crippen LogP contribution is -2.45. The molecule has 0 unspecified atom stereocenters. The Morgan fingerprint density at radius 3 is 2.35 bits per heavy atom. The third-order valence-corrected chi connectivity index (χ3v) is 7.40. The van der Waals surface area contributed by atoms with Crippen molar-refractivity contribution in [2.24, 2.45) is 0 Å². The number of carbonyl (C=O) groups is 1. The predicted octanol–water partition coefficient (Wildman–Crippen LogP) is 3.98. The van der Waals surface area contributed by atoms with Crippen LogP contribution in [0.4, 0.5) is 5.69 Å². The number of amides is 1. The zero-order valence-corrected chi connectivity index (χ0v) is 21.0. The van der Waals surface area contributed by atoms with Gasteiger partial charge in [0.05, 0.1) is 24.8 Å². The van der Waals surface area contributed by atoms with Crippen molar-refractivity contribution >= 4 is 21.6 Å². The molecule has 0 saturated carbocycles. The molecular weight excluding hydrogens is 454 g/mol. The molecule has 0 aliphatic heterocycles. The van der Waals surface area contributed by atoms with Gasteiger partial charge in [-0.05, 0) is 74.9 Å². The summed E-state index contributed by atoms with van der Waals surface area (Å²) in [5, 5.41) is 0. The number of carbonyl (C=O) groups excluding carboxylic acids is 1. The molecule has 1 aliphatic carbocycles. The summed E-state index contributed by atoms with van der Waals surface area (Å²) in [5.41, 5.74) is 8.78. The second kappa shape index (κ2) is 11.3. The zero-order valence-electron chi connectivity index (χ0n) is 20.2. The highest BCUT2D eigenvalue weighted by molar-refractivity contribution is 7.92. The highest BCUT2D eigenvalue weighted by Crippen LogP contribution is 2.32. The van der Waals surface area contributed by atoms with Crippen LogP contribution in [0.25, 0.3) is 0 Å². The quantitative estimate of drug-likeness (QED) is 0.519. The van der Waals surface area contributed by atoms with Gasteiger partial charge in [0.25, 0.3) is 15.9 Å². The lowest BCUT2D eigenvalue weighted by molar-refractivity contribution is -0.120. The topological polar surface area (TPSA) is 97.0 Å². The van der Waals surface area contributed by atoms with E-state index in [0.717, 1.165) is 53.2 Å². The van der Waals surface area contributed by atoms with Crippen LogP contribution in [0.3, 0.4) is 0 Å². The van der Waals surface area contributed by atoms with E-state index in [0.29, 0.717) is 11.4 Å². The van der Waals surface area contributed by atoms with Crippen LogP contribution in [0.2, 0.25) is 0 Å². The standard InChI is InChI=1S/C25H33N3O5S/c1-18-13-19(2)15-21(14-18)28(17-25(29)27-26-20-9-7-5-6-8-10-20)34(30,31)22-11-12-23(32-3)24(16-22)33-4/h9,11-16,26H,5-8,10,17H2,1-4H3,(H,27,29). The molecule has 1 amide bonds. The largest absolute Gasteiger partial charge is 0.493 e. The maximum absolute atomic E-state index is 13.7. The van der Waals surface area contributed by atoms with Crippen molar-refractivity contribution in [2.75, 3.05) is 25.1 Å². The number of rotatable bonds is 9. The fourth-order valence-corrected chi connectivity index (χ4v) is 5.38. The summed E-state index contributed by atoms with van der Waals surface area (Å²) < 4.78 is 39.1. The fourth-order valence-electron chi connectivity index (χ4n) is 3.96. The second-order valence-corrected chi connectivity index (χ2v) is 10.2. The summed E-state index contributed by atoms with van der Waals surface area (Å²) in [6.45, 7) is 3.38. The number of nitrogens with one attached hydrogen (secondary N) is 2. The summed E-state index contributed by atoms with van der Waals surface area (Å²) in [5.74, 6) is 0.238. The van der Waals surface area contributed by atoms with Crippen LogP contribution < -0.4 is 24.6 Å². The van der Waals surface area contributed by atoms with E-state index >= 15 is 0 Å². The first-order chi connectivity index (χ1) is 16.2. The van der Waals surface area contributed by atoms with Crippen molar-refractivity contribution < 1.29 is 22.7 Å². The van der Waals surface area contributed by atoms with Crippen LogP contribution in [0.5, 0.6) is 11.5 Å². The summed E-state index contributed by atoms with van der Waals surface area (Å²) in [6.07, 6.45) is 7.22. The van der Waals surface area contributed by atoms with E-state index in [1.807, 2.05) is 19.9 Å². The Morgan fingerprint density at radius 2 is 1.68 bits per heavy atom. The second-order valence-electron chi connectivity index (χ2n) is 8.38. The first-order valence-corrected chi connectivity index (χ1v) is 12.8. The Morgan fingerprint density at radius 1 is 0.971 bits per heavy atom. The van der Waals surface area contributed by atoms with Gasteiger partial charge < -0.3 is 14.9 Å². The van der Waals surface area contributed by atoms with Crippen LogP contribution in [0.15, 0.2) is 53.1 Å². The lowest BCUT2D eigenvalue weighted by Gasteiger charge is -2.25. The minimum absolute atomic E-state index is 0.00320. The minimum Gasteiger partial charge on any atom is -0.493 e. The molecule has 0 spiro atoms. The van der Waals surface area contributed by atoms with Crippen molar-refractivity contribution in [1.82, 2.24) is 10.9 Å². The minimum atomic E-state index is -4.09. The Balaban J connectivity index is 1.92. The van der Waals surface area contributed by atoms with Crippen LogP contribution in [0, 0.1) is 13.8 Å². The third kappa shape index (κ3) is 6.22. The van der Waals surface area contributed by atoms with E-state index in [2.05, 4.69) is 16.9 Å². The number of aryl methyl sites for hydroxylation is 2. The molecule has 2 aromatic rings. The normalized spacial score (nSPS) is 13.9. The molecule has 1 aliphatic rings. The smallest absolute Gasteiger partial charge is 0.264 e. The number of nitrogens with zero attached hydrogens (tertiary/aromatic N) is 1. The summed E-state index contributed by atoms with van der Waals surface area (Å²) in [4.78, 5) is 12.9. The molecule has 2 aromatic carbocycles. The number of sulfonamides is 1. The van der Waals surface area contributed by atoms with Crippen molar-refractivity contribution in [1.29, 1.82) is 0 Å². The Kier molecular flexibility index (Phi) is 8.44. The third-order valence-electron chi connectivity index (χ3n) is 5.63. The number of hydrazine groups is 1. The number of anilines is 1. The van der Waals surface area contributed by atoms with Crippen LogP contribution in [0.1, 0.15) is 43.2 Å². The highest BCUT2D eigenvalue weighted by atomic mass is 32.2. The Bertz CT molecular complexity index is 1140. The van der Waals surface area contributed by atoms with Crippen molar-refractivity contribution in [2.45, 2.75) is 50.8 Å². The summed E-state index contributed by atoms with van der Waals surface area (Å²) >= 11 is 0. The van der Waals surface area contributed by atoms with E-state index in [4.69, 9.17) is 9.47 Å². The van der Waals surface area contributed by atoms with Crippen molar-refractivity contribution in [3.05, 3.63) is 59.3 Å².